The van der Waals surface area contributed by atoms with Gasteiger partial charge in [0.15, 0.2) is 0 Å². The van der Waals surface area contributed by atoms with Crippen LogP contribution in [0.1, 0.15) is 46.0 Å². The molecule has 1 aliphatic heterocycles. The highest BCUT2D eigenvalue weighted by atomic mass is 15.2. The van der Waals surface area contributed by atoms with Gasteiger partial charge in [-0.1, -0.05) is 6.42 Å². The van der Waals surface area contributed by atoms with Crippen molar-refractivity contribution in [2.45, 2.75) is 58.0 Å². The Hall–Kier alpha value is -0.480. The molecule has 1 heterocycles. The molecule has 0 spiro atoms. The molecule has 1 heteroatoms. The van der Waals surface area contributed by atoms with Crippen molar-refractivity contribution in [3.63, 3.8) is 0 Å². The molecule has 74 valence electrons. The van der Waals surface area contributed by atoms with Crippen LogP contribution in [-0.2, 0) is 0 Å². The monoisotopic (exact) mass is 179 g/mol. The maximum absolute atomic E-state index is 5.24. The molecule has 2 atom stereocenters. The third kappa shape index (κ3) is 3.04. The van der Waals surface area contributed by atoms with Crippen LogP contribution in [0.15, 0.2) is 0 Å². The van der Waals surface area contributed by atoms with Crippen LogP contribution < -0.4 is 0 Å². The van der Waals surface area contributed by atoms with E-state index in [0.29, 0.717) is 0 Å². The fraction of sp³-hybridized carbons (Fsp3) is 0.833. The summed E-state index contributed by atoms with van der Waals surface area (Å²) >= 11 is 0. The standard InChI is InChI=1S/C12H21N/c1-4-5-6-10-13-11(2)8-7-9-12(13)3/h1,11-12H,5-10H2,2-3H3/t11-,12-/m1/s1. The first-order chi connectivity index (χ1) is 6.25. The maximum atomic E-state index is 5.24. The third-order valence-electron chi connectivity index (χ3n) is 3.11. The number of rotatable bonds is 3. The van der Waals surface area contributed by atoms with Crippen LogP contribution in [0.5, 0.6) is 0 Å². The molecule has 0 radical (unpaired) electrons. The Morgan fingerprint density at radius 3 is 2.46 bits per heavy atom. The van der Waals surface area contributed by atoms with Crippen molar-refractivity contribution in [2.75, 3.05) is 6.54 Å². The summed E-state index contributed by atoms with van der Waals surface area (Å²) in [6, 6.07) is 1.53. The minimum Gasteiger partial charge on any atom is -0.298 e. The predicted octanol–water partition coefficient (Wildman–Crippen LogP) is 2.66. The minimum absolute atomic E-state index is 0.765. The van der Waals surface area contributed by atoms with Gasteiger partial charge in [0.2, 0.25) is 0 Å². The molecule has 0 aromatic heterocycles. The largest absolute Gasteiger partial charge is 0.298 e. The van der Waals surface area contributed by atoms with Gasteiger partial charge in [-0.3, -0.25) is 4.90 Å². The topological polar surface area (TPSA) is 3.24 Å². The number of nitrogens with zero attached hydrogens (tertiary/aromatic N) is 1. The van der Waals surface area contributed by atoms with Crippen molar-refractivity contribution < 1.29 is 0 Å². The summed E-state index contributed by atoms with van der Waals surface area (Å²) in [7, 11) is 0. The zero-order valence-electron chi connectivity index (χ0n) is 8.92. The van der Waals surface area contributed by atoms with E-state index in [2.05, 4.69) is 24.7 Å². The van der Waals surface area contributed by atoms with Gasteiger partial charge < -0.3 is 0 Å². The summed E-state index contributed by atoms with van der Waals surface area (Å²) in [4.78, 5) is 2.61. The molecule has 1 aliphatic rings. The molecule has 0 aromatic rings. The minimum atomic E-state index is 0.765. The van der Waals surface area contributed by atoms with Crippen LogP contribution in [0, 0.1) is 12.3 Å². The van der Waals surface area contributed by atoms with Crippen LogP contribution in [0.3, 0.4) is 0 Å². The molecule has 1 nitrogen and oxygen atoms in total. The second-order valence-corrected chi connectivity index (χ2v) is 4.17. The van der Waals surface area contributed by atoms with E-state index in [4.69, 9.17) is 6.42 Å². The first kappa shape index (κ1) is 10.6. The first-order valence-corrected chi connectivity index (χ1v) is 5.45. The number of hydrogen-bond donors (Lipinski definition) is 0. The predicted molar refractivity (Wildman–Crippen MR) is 57.5 cm³/mol. The molecule has 13 heavy (non-hydrogen) atoms. The molecule has 0 aromatic carbocycles. The number of piperidine rings is 1. The van der Waals surface area contributed by atoms with Gasteiger partial charge in [-0.05, 0) is 39.7 Å². The normalized spacial score (nSPS) is 29.9. The van der Waals surface area contributed by atoms with Crippen molar-refractivity contribution >= 4 is 0 Å². The van der Waals surface area contributed by atoms with Crippen molar-refractivity contribution in [1.29, 1.82) is 0 Å². The fourth-order valence-electron chi connectivity index (χ4n) is 2.28. The molecular weight excluding hydrogens is 158 g/mol. The SMILES string of the molecule is C#CCCCN1[C@H](C)CCC[C@H]1C. The lowest BCUT2D eigenvalue weighted by molar-refractivity contribution is 0.103. The molecule has 1 fully saturated rings. The molecule has 1 rings (SSSR count). The molecule has 0 amide bonds. The summed E-state index contributed by atoms with van der Waals surface area (Å²) in [5.74, 6) is 2.71. The van der Waals surface area contributed by atoms with Crippen LogP contribution in [0.2, 0.25) is 0 Å². The lowest BCUT2D eigenvalue weighted by Crippen LogP contribution is -2.44. The van der Waals surface area contributed by atoms with E-state index in [1.54, 1.807) is 0 Å². The van der Waals surface area contributed by atoms with E-state index in [0.717, 1.165) is 24.9 Å². The van der Waals surface area contributed by atoms with Crippen molar-refractivity contribution in [3.05, 3.63) is 0 Å². The number of unbranched alkanes of at least 4 members (excludes halogenated alkanes) is 1. The van der Waals surface area contributed by atoms with Gasteiger partial charge in [0.1, 0.15) is 0 Å². The van der Waals surface area contributed by atoms with E-state index < -0.39 is 0 Å². The van der Waals surface area contributed by atoms with Gasteiger partial charge >= 0.3 is 0 Å². The fourth-order valence-corrected chi connectivity index (χ4v) is 2.28. The average Bonchev–Trinajstić information content (AvgIpc) is 2.10. The van der Waals surface area contributed by atoms with Gasteiger partial charge in [-0.15, -0.1) is 12.3 Å². The molecule has 0 unspecified atom stereocenters. The first-order valence-electron chi connectivity index (χ1n) is 5.45. The maximum Gasteiger partial charge on any atom is 0.00982 e. The van der Waals surface area contributed by atoms with E-state index in [9.17, 15) is 0 Å². The summed E-state index contributed by atoms with van der Waals surface area (Å²) in [6.07, 6.45) is 11.4. The Balaban J connectivity index is 2.31. The molecular formula is C12H21N. The van der Waals surface area contributed by atoms with Crippen molar-refractivity contribution in [3.8, 4) is 12.3 Å². The van der Waals surface area contributed by atoms with Gasteiger partial charge in [0.25, 0.3) is 0 Å². The second-order valence-electron chi connectivity index (χ2n) is 4.17. The van der Waals surface area contributed by atoms with Crippen molar-refractivity contribution in [2.24, 2.45) is 0 Å². The zero-order valence-corrected chi connectivity index (χ0v) is 8.92. The highest BCUT2D eigenvalue weighted by Gasteiger charge is 2.23. The van der Waals surface area contributed by atoms with Gasteiger partial charge in [0, 0.05) is 18.5 Å². The summed E-state index contributed by atoms with van der Waals surface area (Å²) < 4.78 is 0. The molecule has 0 N–H and O–H groups in total. The van der Waals surface area contributed by atoms with E-state index in [-0.39, 0.29) is 0 Å². The quantitative estimate of drug-likeness (QED) is 0.475. The van der Waals surface area contributed by atoms with Gasteiger partial charge in [-0.25, -0.2) is 0 Å². The third-order valence-corrected chi connectivity index (χ3v) is 3.11. The van der Waals surface area contributed by atoms with Crippen LogP contribution in [-0.4, -0.2) is 23.5 Å². The van der Waals surface area contributed by atoms with Gasteiger partial charge in [-0.2, -0.15) is 0 Å². The van der Waals surface area contributed by atoms with Crippen LogP contribution in [0.4, 0.5) is 0 Å². The molecule has 0 aliphatic carbocycles. The Morgan fingerprint density at radius 2 is 1.92 bits per heavy atom. The molecule has 0 saturated carbocycles. The average molecular weight is 179 g/mol. The Labute approximate surface area is 82.5 Å². The van der Waals surface area contributed by atoms with Crippen LogP contribution >= 0.6 is 0 Å². The van der Waals surface area contributed by atoms with E-state index in [1.165, 1.54) is 25.8 Å². The van der Waals surface area contributed by atoms with Crippen LogP contribution in [0.25, 0.3) is 0 Å². The van der Waals surface area contributed by atoms with E-state index >= 15 is 0 Å². The highest BCUT2D eigenvalue weighted by molar-refractivity contribution is 4.85. The number of hydrogen-bond acceptors (Lipinski definition) is 1. The smallest absolute Gasteiger partial charge is 0.00982 e. The highest BCUT2D eigenvalue weighted by Crippen LogP contribution is 2.22. The Morgan fingerprint density at radius 1 is 1.31 bits per heavy atom. The van der Waals surface area contributed by atoms with Gasteiger partial charge in [0.05, 0.1) is 0 Å². The number of likely N-dealkylation sites (tertiary alicyclic amines) is 1. The second kappa shape index (κ2) is 5.29. The van der Waals surface area contributed by atoms with Crippen molar-refractivity contribution in [1.82, 2.24) is 4.90 Å². The summed E-state index contributed by atoms with van der Waals surface area (Å²) in [6.45, 7) is 5.86. The molecule has 1 saturated heterocycles. The summed E-state index contributed by atoms with van der Waals surface area (Å²) in [5.41, 5.74) is 0. The zero-order chi connectivity index (χ0) is 9.68. The Bertz CT molecular complexity index is 170. The lowest BCUT2D eigenvalue weighted by Gasteiger charge is -2.38. The lowest BCUT2D eigenvalue weighted by atomic mass is 9.97. The van der Waals surface area contributed by atoms with E-state index in [1.807, 2.05) is 0 Å². The summed E-state index contributed by atoms with van der Waals surface area (Å²) in [5, 5.41) is 0. The number of terminal acetylenes is 1. The Kier molecular flexibility index (Phi) is 4.32. The molecule has 0 bridgehead atoms.